The molecule has 0 aliphatic heterocycles. The molecule has 0 aliphatic rings. The zero-order valence-corrected chi connectivity index (χ0v) is 11.7. The van der Waals surface area contributed by atoms with E-state index in [4.69, 9.17) is 16.9 Å². The Morgan fingerprint density at radius 1 is 1.33 bits per heavy atom. The number of nitro groups is 1. The molecule has 6 nitrogen and oxygen atoms in total. The summed E-state index contributed by atoms with van der Waals surface area (Å²) >= 11 is 6.02. The second-order valence-corrected chi connectivity index (χ2v) is 4.61. The van der Waals surface area contributed by atoms with Gasteiger partial charge >= 0.3 is 0 Å². The summed E-state index contributed by atoms with van der Waals surface area (Å²) in [5.74, 6) is 0.456. The molecule has 0 saturated heterocycles. The number of hydrogen-bond donors (Lipinski definition) is 1. The zero-order chi connectivity index (χ0) is 15.2. The van der Waals surface area contributed by atoms with E-state index in [9.17, 15) is 10.1 Å². The first-order valence-electron chi connectivity index (χ1n) is 6.13. The second-order valence-electron chi connectivity index (χ2n) is 4.23. The molecule has 0 amide bonds. The molecule has 0 atom stereocenters. The van der Waals surface area contributed by atoms with Crippen molar-refractivity contribution in [2.75, 3.05) is 11.9 Å². The highest BCUT2D eigenvalue weighted by atomic mass is 35.5. The smallest absolute Gasteiger partial charge is 0.269 e. The van der Waals surface area contributed by atoms with Crippen molar-refractivity contribution < 1.29 is 4.92 Å². The number of nitriles is 1. The highest BCUT2D eigenvalue weighted by molar-refractivity contribution is 6.34. The average molecular weight is 303 g/mol. The molecule has 1 N–H and O–H groups in total. The zero-order valence-electron chi connectivity index (χ0n) is 10.9. The van der Waals surface area contributed by atoms with Crippen LogP contribution in [-0.4, -0.2) is 16.5 Å². The minimum Gasteiger partial charge on any atom is -0.368 e. The Kier molecular flexibility index (Phi) is 4.69. The van der Waals surface area contributed by atoms with Crippen LogP contribution < -0.4 is 5.32 Å². The summed E-state index contributed by atoms with van der Waals surface area (Å²) in [4.78, 5) is 14.2. The van der Waals surface area contributed by atoms with Gasteiger partial charge in [-0.3, -0.25) is 10.1 Å². The quantitative estimate of drug-likeness (QED) is 0.676. The fraction of sp³-hybridized carbons (Fsp3) is 0.143. The highest BCUT2D eigenvalue weighted by Crippen LogP contribution is 2.22. The van der Waals surface area contributed by atoms with Crippen LogP contribution in [0, 0.1) is 21.4 Å². The van der Waals surface area contributed by atoms with E-state index in [0.29, 0.717) is 29.4 Å². The molecule has 0 spiro atoms. The van der Waals surface area contributed by atoms with Crippen LogP contribution in [0.25, 0.3) is 0 Å². The fourth-order valence-electron chi connectivity index (χ4n) is 1.76. The second kappa shape index (κ2) is 6.68. The van der Waals surface area contributed by atoms with Crippen LogP contribution in [-0.2, 0) is 6.42 Å². The number of nitrogens with one attached hydrogen (secondary N) is 1. The van der Waals surface area contributed by atoms with Crippen LogP contribution in [0.2, 0.25) is 5.02 Å². The van der Waals surface area contributed by atoms with E-state index < -0.39 is 4.92 Å². The van der Waals surface area contributed by atoms with E-state index in [1.807, 2.05) is 6.07 Å². The number of non-ortho nitro benzene ring substituents is 1. The minimum atomic E-state index is -0.431. The molecular weight excluding hydrogens is 292 g/mol. The van der Waals surface area contributed by atoms with Gasteiger partial charge in [0.1, 0.15) is 16.9 Å². The number of rotatable bonds is 5. The van der Waals surface area contributed by atoms with E-state index in [0.717, 1.165) is 5.56 Å². The van der Waals surface area contributed by atoms with Crippen molar-refractivity contribution >= 4 is 23.1 Å². The van der Waals surface area contributed by atoms with Gasteiger partial charge in [0.05, 0.1) is 10.5 Å². The lowest BCUT2D eigenvalue weighted by Gasteiger charge is -2.08. The van der Waals surface area contributed by atoms with Crippen LogP contribution in [0.3, 0.4) is 0 Å². The number of nitrogens with zero attached hydrogens (tertiary/aromatic N) is 3. The van der Waals surface area contributed by atoms with E-state index in [-0.39, 0.29) is 5.69 Å². The Morgan fingerprint density at radius 2 is 2.05 bits per heavy atom. The topological polar surface area (TPSA) is 91.8 Å². The normalized spacial score (nSPS) is 9.90. The molecule has 0 saturated carbocycles. The van der Waals surface area contributed by atoms with Gasteiger partial charge < -0.3 is 5.32 Å². The molecule has 0 bridgehead atoms. The van der Waals surface area contributed by atoms with Crippen molar-refractivity contribution in [2.45, 2.75) is 6.42 Å². The van der Waals surface area contributed by atoms with Gasteiger partial charge in [-0.05, 0) is 18.1 Å². The Bertz CT molecular complexity index is 695. The Balaban J connectivity index is 1.96. The lowest BCUT2D eigenvalue weighted by molar-refractivity contribution is -0.384. The summed E-state index contributed by atoms with van der Waals surface area (Å²) in [5.41, 5.74) is 1.39. The molecule has 7 heteroatoms. The third-order valence-electron chi connectivity index (χ3n) is 2.86. The number of pyridine rings is 1. The molecular formula is C14H11ClN4O2. The molecule has 1 aromatic heterocycles. The van der Waals surface area contributed by atoms with Gasteiger partial charge in [-0.15, -0.1) is 0 Å². The Morgan fingerprint density at radius 3 is 2.67 bits per heavy atom. The predicted molar refractivity (Wildman–Crippen MR) is 79.3 cm³/mol. The van der Waals surface area contributed by atoms with E-state index in [1.54, 1.807) is 18.2 Å². The number of benzene rings is 1. The first-order valence-corrected chi connectivity index (χ1v) is 6.51. The maximum atomic E-state index is 10.6. The van der Waals surface area contributed by atoms with Crippen LogP contribution in [0.15, 0.2) is 36.5 Å². The minimum absolute atomic E-state index is 0.0677. The van der Waals surface area contributed by atoms with Crippen molar-refractivity contribution in [3.8, 4) is 6.07 Å². The lowest BCUT2D eigenvalue weighted by atomic mass is 10.1. The highest BCUT2D eigenvalue weighted by Gasteiger charge is 2.07. The molecule has 0 radical (unpaired) electrons. The van der Waals surface area contributed by atoms with Crippen LogP contribution in [0.4, 0.5) is 11.5 Å². The van der Waals surface area contributed by atoms with Gasteiger partial charge in [0.25, 0.3) is 5.69 Å². The van der Waals surface area contributed by atoms with Crippen LogP contribution >= 0.6 is 11.6 Å². The van der Waals surface area contributed by atoms with E-state index >= 15 is 0 Å². The number of hydrogen-bond acceptors (Lipinski definition) is 5. The molecule has 2 rings (SSSR count). The van der Waals surface area contributed by atoms with Crippen molar-refractivity contribution in [2.24, 2.45) is 0 Å². The van der Waals surface area contributed by atoms with Crippen molar-refractivity contribution in [3.05, 3.63) is 62.8 Å². The first kappa shape index (κ1) is 14.8. The van der Waals surface area contributed by atoms with Gasteiger partial charge in [-0.1, -0.05) is 23.7 Å². The van der Waals surface area contributed by atoms with Gasteiger partial charge in [-0.25, -0.2) is 4.98 Å². The molecule has 0 aliphatic carbocycles. The summed E-state index contributed by atoms with van der Waals surface area (Å²) in [5, 5.41) is 22.8. The fourth-order valence-corrected chi connectivity index (χ4v) is 1.98. The number of anilines is 1. The Hall–Kier alpha value is -2.65. The molecule has 106 valence electrons. The molecule has 1 heterocycles. The van der Waals surface area contributed by atoms with Crippen molar-refractivity contribution in [1.29, 1.82) is 5.26 Å². The first-order chi connectivity index (χ1) is 10.1. The summed E-state index contributed by atoms with van der Waals surface area (Å²) < 4.78 is 0. The standard InChI is InChI=1S/C14H11ClN4O2/c15-13-11(9-16)6-8-18-14(13)17-7-5-10-1-3-12(4-2-10)19(20)21/h1-4,6,8H,5,7H2,(H,17,18). The number of halogens is 1. The maximum Gasteiger partial charge on any atom is 0.269 e. The van der Waals surface area contributed by atoms with E-state index in [1.165, 1.54) is 18.3 Å². The molecule has 2 aromatic rings. The van der Waals surface area contributed by atoms with E-state index in [2.05, 4.69) is 10.3 Å². The third-order valence-corrected chi connectivity index (χ3v) is 3.25. The number of nitro benzene ring substituents is 1. The summed E-state index contributed by atoms with van der Waals surface area (Å²) in [6.07, 6.45) is 2.17. The molecule has 1 aromatic carbocycles. The molecule has 0 unspecified atom stereocenters. The number of aromatic nitrogens is 1. The SMILES string of the molecule is N#Cc1ccnc(NCCc2ccc([N+](=O)[O-])cc2)c1Cl. The van der Waals surface area contributed by atoms with Crippen LogP contribution in [0.1, 0.15) is 11.1 Å². The monoisotopic (exact) mass is 302 g/mol. The third kappa shape index (κ3) is 3.68. The molecule has 21 heavy (non-hydrogen) atoms. The summed E-state index contributed by atoms with van der Waals surface area (Å²) in [6.45, 7) is 0.555. The van der Waals surface area contributed by atoms with Gasteiger partial charge in [0.2, 0.25) is 0 Å². The van der Waals surface area contributed by atoms with Gasteiger partial charge in [-0.2, -0.15) is 5.26 Å². The van der Waals surface area contributed by atoms with Crippen LogP contribution in [0.5, 0.6) is 0 Å². The summed E-state index contributed by atoms with van der Waals surface area (Å²) in [7, 11) is 0. The predicted octanol–water partition coefficient (Wildman–Crippen LogP) is 3.17. The van der Waals surface area contributed by atoms with Crippen molar-refractivity contribution in [1.82, 2.24) is 4.98 Å². The Labute approximate surface area is 126 Å². The molecule has 0 fully saturated rings. The lowest BCUT2D eigenvalue weighted by Crippen LogP contribution is -2.07. The largest absolute Gasteiger partial charge is 0.368 e. The summed E-state index contributed by atoms with van der Waals surface area (Å²) in [6, 6.07) is 9.89. The van der Waals surface area contributed by atoms with Gasteiger partial charge in [0, 0.05) is 24.9 Å². The average Bonchev–Trinajstić information content (AvgIpc) is 2.49. The van der Waals surface area contributed by atoms with Gasteiger partial charge in [0.15, 0.2) is 0 Å². The van der Waals surface area contributed by atoms with Crippen molar-refractivity contribution in [3.63, 3.8) is 0 Å². The maximum absolute atomic E-state index is 10.6.